The quantitative estimate of drug-likeness (QED) is 0.779. The molecular weight excluding hydrogens is 312 g/mol. The van der Waals surface area contributed by atoms with Gasteiger partial charge in [-0.2, -0.15) is 0 Å². The number of fused-ring (bicyclic) bond motifs is 1. The van der Waals surface area contributed by atoms with Crippen molar-refractivity contribution in [3.8, 4) is 0 Å². The molecule has 4 nitrogen and oxygen atoms in total. The molecule has 0 saturated carbocycles. The Morgan fingerprint density at radius 2 is 1.83 bits per heavy atom. The van der Waals surface area contributed by atoms with Crippen LogP contribution in [0, 0.1) is 6.92 Å². The number of amides is 1. The summed E-state index contributed by atoms with van der Waals surface area (Å²) in [7, 11) is 1.79. The molecule has 1 amide bonds. The molecule has 0 aliphatic heterocycles. The first-order chi connectivity index (χ1) is 11.0. The number of pyridine rings is 1. The van der Waals surface area contributed by atoms with Crippen LogP contribution in [0.15, 0.2) is 53.5 Å². The minimum absolute atomic E-state index is 0.0860. The Balaban J connectivity index is 2.05. The number of nitrogens with one attached hydrogen (secondary N) is 1. The molecule has 0 saturated heterocycles. The van der Waals surface area contributed by atoms with Crippen LogP contribution in [-0.4, -0.2) is 10.5 Å². The number of nitrogens with zero attached hydrogens (tertiary/aromatic N) is 1. The van der Waals surface area contributed by atoms with Gasteiger partial charge in [0.1, 0.15) is 5.56 Å². The Bertz CT molecular complexity index is 959. The molecule has 0 bridgehead atoms. The lowest BCUT2D eigenvalue weighted by Crippen LogP contribution is -2.23. The van der Waals surface area contributed by atoms with Crippen molar-refractivity contribution in [2.45, 2.75) is 6.92 Å². The number of aromatic nitrogens is 1. The monoisotopic (exact) mass is 326 g/mol. The largest absolute Gasteiger partial charge is 0.350 e. The van der Waals surface area contributed by atoms with E-state index in [1.54, 1.807) is 48.1 Å². The zero-order valence-corrected chi connectivity index (χ0v) is 13.5. The highest BCUT2D eigenvalue weighted by Gasteiger charge is 2.15. The Labute approximate surface area is 138 Å². The zero-order valence-electron chi connectivity index (χ0n) is 12.8. The van der Waals surface area contributed by atoms with Crippen molar-refractivity contribution in [3.05, 3.63) is 75.0 Å². The second-order valence-corrected chi connectivity index (χ2v) is 5.90. The van der Waals surface area contributed by atoms with Gasteiger partial charge >= 0.3 is 0 Å². The van der Waals surface area contributed by atoms with Gasteiger partial charge in [0.15, 0.2) is 0 Å². The molecule has 0 radical (unpaired) electrons. The van der Waals surface area contributed by atoms with Crippen molar-refractivity contribution in [3.63, 3.8) is 0 Å². The molecule has 0 spiro atoms. The van der Waals surface area contributed by atoms with E-state index in [1.165, 1.54) is 0 Å². The van der Waals surface area contributed by atoms with Gasteiger partial charge in [-0.1, -0.05) is 29.3 Å². The fourth-order valence-corrected chi connectivity index (χ4v) is 2.63. The first kappa shape index (κ1) is 15.3. The summed E-state index contributed by atoms with van der Waals surface area (Å²) in [5.74, 6) is -0.434. The van der Waals surface area contributed by atoms with Gasteiger partial charge in [0.25, 0.3) is 5.91 Å². The van der Waals surface area contributed by atoms with Crippen LogP contribution in [0.2, 0.25) is 5.02 Å². The first-order valence-corrected chi connectivity index (χ1v) is 7.50. The van der Waals surface area contributed by atoms with Crippen molar-refractivity contribution in [2.24, 2.45) is 7.05 Å². The van der Waals surface area contributed by atoms with E-state index in [2.05, 4.69) is 5.32 Å². The van der Waals surface area contributed by atoms with Gasteiger partial charge < -0.3 is 9.88 Å². The third kappa shape index (κ3) is 2.98. The summed E-state index contributed by atoms with van der Waals surface area (Å²) in [6.45, 7) is 1.97. The molecule has 0 aliphatic rings. The van der Waals surface area contributed by atoms with Crippen LogP contribution in [0.1, 0.15) is 15.9 Å². The van der Waals surface area contributed by atoms with Crippen molar-refractivity contribution in [1.82, 2.24) is 4.57 Å². The Kier molecular flexibility index (Phi) is 3.92. The summed E-state index contributed by atoms with van der Waals surface area (Å²) in [5.41, 5.74) is 2.23. The van der Waals surface area contributed by atoms with E-state index < -0.39 is 5.91 Å². The lowest BCUT2D eigenvalue weighted by Gasteiger charge is -2.10. The Morgan fingerprint density at radius 1 is 1.13 bits per heavy atom. The fraction of sp³-hybridized carbons (Fsp3) is 0.111. The van der Waals surface area contributed by atoms with Crippen LogP contribution in [0.4, 0.5) is 5.69 Å². The molecule has 23 heavy (non-hydrogen) atoms. The highest BCUT2D eigenvalue weighted by molar-refractivity contribution is 6.31. The summed E-state index contributed by atoms with van der Waals surface area (Å²) >= 11 is 5.97. The zero-order chi connectivity index (χ0) is 16.6. The number of rotatable bonds is 2. The molecule has 3 aromatic rings. The first-order valence-electron chi connectivity index (χ1n) is 7.12. The molecule has 3 rings (SSSR count). The van der Waals surface area contributed by atoms with Gasteiger partial charge in [-0.05, 0) is 37.3 Å². The maximum absolute atomic E-state index is 12.6. The van der Waals surface area contributed by atoms with Crippen molar-refractivity contribution in [2.75, 3.05) is 5.32 Å². The smallest absolute Gasteiger partial charge is 0.261 e. The molecular formula is C18H15ClN2O2. The van der Waals surface area contributed by atoms with Crippen LogP contribution < -0.4 is 10.7 Å². The van der Waals surface area contributed by atoms with E-state index >= 15 is 0 Å². The lowest BCUT2D eigenvalue weighted by atomic mass is 10.1. The van der Waals surface area contributed by atoms with Gasteiger partial charge in [-0.3, -0.25) is 9.59 Å². The van der Waals surface area contributed by atoms with E-state index in [0.29, 0.717) is 16.1 Å². The third-order valence-electron chi connectivity index (χ3n) is 3.70. The maximum Gasteiger partial charge on any atom is 0.261 e. The third-order valence-corrected chi connectivity index (χ3v) is 3.94. The van der Waals surface area contributed by atoms with Gasteiger partial charge in [0.2, 0.25) is 5.43 Å². The predicted molar refractivity (Wildman–Crippen MR) is 93.3 cm³/mol. The number of hydrogen-bond acceptors (Lipinski definition) is 2. The average molecular weight is 327 g/mol. The SMILES string of the molecule is Cc1ccc(NC(=O)c2cn(C)c3ccc(Cl)cc3c2=O)cc1. The minimum Gasteiger partial charge on any atom is -0.350 e. The number of halogens is 1. The summed E-state index contributed by atoms with van der Waals surface area (Å²) in [6.07, 6.45) is 1.54. The normalized spacial score (nSPS) is 10.7. The molecule has 2 aromatic carbocycles. The van der Waals surface area contributed by atoms with Crippen LogP contribution >= 0.6 is 11.6 Å². The predicted octanol–water partition coefficient (Wildman–Crippen LogP) is 3.75. The molecule has 0 fully saturated rings. The van der Waals surface area contributed by atoms with E-state index in [-0.39, 0.29) is 11.0 Å². The summed E-state index contributed by atoms with van der Waals surface area (Å²) in [6, 6.07) is 12.5. The van der Waals surface area contributed by atoms with Crippen molar-refractivity contribution < 1.29 is 4.79 Å². The number of carbonyl (C=O) groups excluding carboxylic acids is 1. The molecule has 0 aliphatic carbocycles. The van der Waals surface area contributed by atoms with Gasteiger partial charge in [-0.25, -0.2) is 0 Å². The molecule has 116 valence electrons. The molecule has 1 heterocycles. The highest BCUT2D eigenvalue weighted by Crippen LogP contribution is 2.17. The molecule has 5 heteroatoms. The lowest BCUT2D eigenvalue weighted by molar-refractivity contribution is 0.102. The van der Waals surface area contributed by atoms with E-state index in [0.717, 1.165) is 11.1 Å². The van der Waals surface area contributed by atoms with Crippen LogP contribution in [-0.2, 0) is 7.05 Å². The van der Waals surface area contributed by atoms with Crippen LogP contribution in [0.5, 0.6) is 0 Å². The Morgan fingerprint density at radius 3 is 2.52 bits per heavy atom. The molecule has 1 aromatic heterocycles. The molecule has 0 unspecified atom stereocenters. The number of hydrogen-bond donors (Lipinski definition) is 1. The summed E-state index contributed by atoms with van der Waals surface area (Å²) in [4.78, 5) is 25.0. The van der Waals surface area contributed by atoms with Gasteiger partial charge in [0.05, 0.1) is 5.52 Å². The minimum atomic E-state index is -0.434. The highest BCUT2D eigenvalue weighted by atomic mass is 35.5. The summed E-state index contributed by atoms with van der Waals surface area (Å²) < 4.78 is 1.75. The van der Waals surface area contributed by atoms with Crippen molar-refractivity contribution in [1.29, 1.82) is 0 Å². The second-order valence-electron chi connectivity index (χ2n) is 5.46. The molecule has 1 N–H and O–H groups in total. The second kappa shape index (κ2) is 5.89. The molecule has 0 atom stereocenters. The number of anilines is 1. The number of carbonyl (C=O) groups is 1. The average Bonchev–Trinajstić information content (AvgIpc) is 2.53. The number of aryl methyl sites for hydroxylation is 2. The van der Waals surface area contributed by atoms with E-state index in [4.69, 9.17) is 11.6 Å². The van der Waals surface area contributed by atoms with E-state index in [1.807, 2.05) is 19.1 Å². The van der Waals surface area contributed by atoms with Gasteiger partial charge in [0, 0.05) is 29.3 Å². The fourth-order valence-electron chi connectivity index (χ4n) is 2.46. The maximum atomic E-state index is 12.6. The van der Waals surface area contributed by atoms with Gasteiger partial charge in [-0.15, -0.1) is 0 Å². The Hall–Kier alpha value is -2.59. The summed E-state index contributed by atoms with van der Waals surface area (Å²) in [5, 5.41) is 3.64. The van der Waals surface area contributed by atoms with Crippen LogP contribution in [0.3, 0.4) is 0 Å². The topological polar surface area (TPSA) is 51.1 Å². The standard InChI is InChI=1S/C18H15ClN2O2/c1-11-3-6-13(7-4-11)20-18(23)15-10-21(2)16-8-5-12(19)9-14(16)17(15)22/h3-10H,1-2H3,(H,20,23). The van der Waals surface area contributed by atoms with E-state index in [9.17, 15) is 9.59 Å². The number of benzene rings is 2. The van der Waals surface area contributed by atoms with Crippen LogP contribution in [0.25, 0.3) is 10.9 Å². The van der Waals surface area contributed by atoms with Crippen molar-refractivity contribution >= 4 is 34.1 Å².